The van der Waals surface area contributed by atoms with Crippen molar-refractivity contribution < 1.29 is 9.72 Å². The number of carbonyl (C=O) groups is 1. The number of rotatable bonds is 7. The minimum atomic E-state index is -0.414. The second kappa shape index (κ2) is 8.33. The predicted octanol–water partition coefficient (Wildman–Crippen LogP) is 3.45. The van der Waals surface area contributed by atoms with Crippen LogP contribution in [-0.4, -0.2) is 16.6 Å². The molecule has 0 spiro atoms. The highest BCUT2D eigenvalue weighted by atomic mass is 32.2. The van der Waals surface area contributed by atoms with Crippen molar-refractivity contribution in [3.05, 3.63) is 75.3 Å². The van der Waals surface area contributed by atoms with E-state index in [-0.39, 0.29) is 11.6 Å². The molecule has 0 aliphatic carbocycles. The molecule has 0 aromatic heterocycles. The molecule has 6 heteroatoms. The fraction of sp³-hybridized carbons (Fsp3) is 0.235. The van der Waals surface area contributed by atoms with Crippen LogP contribution in [0.1, 0.15) is 16.7 Å². The lowest BCUT2D eigenvalue weighted by Gasteiger charge is -2.06. The topological polar surface area (TPSA) is 72.2 Å². The Kier molecular flexibility index (Phi) is 6.17. The van der Waals surface area contributed by atoms with Gasteiger partial charge in [0.15, 0.2) is 0 Å². The first-order valence-corrected chi connectivity index (χ1v) is 8.33. The summed E-state index contributed by atoms with van der Waals surface area (Å²) in [7, 11) is 0. The van der Waals surface area contributed by atoms with Crippen molar-refractivity contribution in [2.24, 2.45) is 0 Å². The molecule has 0 atom stereocenters. The Morgan fingerprint density at radius 1 is 1.17 bits per heavy atom. The number of carbonyl (C=O) groups excluding carboxylic acids is 1. The van der Waals surface area contributed by atoms with Gasteiger partial charge in [0.2, 0.25) is 5.91 Å². The molecule has 0 bridgehead atoms. The van der Waals surface area contributed by atoms with Gasteiger partial charge < -0.3 is 5.32 Å². The number of benzene rings is 2. The van der Waals surface area contributed by atoms with E-state index in [9.17, 15) is 14.9 Å². The highest BCUT2D eigenvalue weighted by Gasteiger charge is 2.07. The van der Waals surface area contributed by atoms with Gasteiger partial charge in [-0.15, -0.1) is 11.8 Å². The number of hydrogen-bond acceptors (Lipinski definition) is 4. The van der Waals surface area contributed by atoms with Gasteiger partial charge in [0, 0.05) is 24.4 Å². The van der Waals surface area contributed by atoms with Crippen LogP contribution in [0.25, 0.3) is 0 Å². The first kappa shape index (κ1) is 17.0. The smallest absolute Gasteiger partial charge is 0.269 e. The SMILES string of the molecule is Cc1ccc(CNC(=O)CSCc2cccc([N+](=O)[O-])c2)cc1. The molecule has 0 fully saturated rings. The molecular weight excluding hydrogens is 312 g/mol. The molecule has 5 nitrogen and oxygen atoms in total. The third-order valence-electron chi connectivity index (χ3n) is 3.23. The zero-order chi connectivity index (χ0) is 16.7. The molecule has 0 aliphatic rings. The summed E-state index contributed by atoms with van der Waals surface area (Å²) in [6.45, 7) is 2.53. The lowest BCUT2D eigenvalue weighted by atomic mass is 10.1. The Morgan fingerprint density at radius 2 is 1.91 bits per heavy atom. The van der Waals surface area contributed by atoms with Crippen LogP contribution in [0, 0.1) is 17.0 Å². The highest BCUT2D eigenvalue weighted by molar-refractivity contribution is 7.99. The Labute approximate surface area is 139 Å². The van der Waals surface area contributed by atoms with E-state index in [1.54, 1.807) is 6.07 Å². The summed E-state index contributed by atoms with van der Waals surface area (Å²) in [6.07, 6.45) is 0. The van der Waals surface area contributed by atoms with E-state index in [1.165, 1.54) is 29.5 Å². The van der Waals surface area contributed by atoms with Gasteiger partial charge in [-0.1, -0.05) is 42.0 Å². The zero-order valence-corrected chi connectivity index (χ0v) is 13.6. The molecule has 0 heterocycles. The summed E-state index contributed by atoms with van der Waals surface area (Å²) in [5, 5.41) is 13.6. The molecule has 2 aromatic carbocycles. The van der Waals surface area contributed by atoms with E-state index in [1.807, 2.05) is 37.3 Å². The first-order chi connectivity index (χ1) is 11.0. The molecule has 0 unspecified atom stereocenters. The number of nitrogens with one attached hydrogen (secondary N) is 1. The number of nitrogens with zero attached hydrogens (tertiary/aromatic N) is 1. The molecule has 120 valence electrons. The summed E-state index contributed by atoms with van der Waals surface area (Å²) >= 11 is 1.44. The Bertz CT molecular complexity index is 686. The number of nitro benzene ring substituents is 1. The van der Waals surface area contributed by atoms with Crippen LogP contribution in [0.5, 0.6) is 0 Å². The van der Waals surface area contributed by atoms with Crippen molar-refractivity contribution >= 4 is 23.4 Å². The van der Waals surface area contributed by atoms with Crippen LogP contribution in [-0.2, 0) is 17.1 Å². The van der Waals surface area contributed by atoms with Crippen LogP contribution in [0.2, 0.25) is 0 Å². The number of aryl methyl sites for hydroxylation is 1. The van der Waals surface area contributed by atoms with E-state index < -0.39 is 4.92 Å². The number of amides is 1. The van der Waals surface area contributed by atoms with Crippen molar-refractivity contribution in [2.45, 2.75) is 19.2 Å². The van der Waals surface area contributed by atoms with Crippen molar-refractivity contribution in [1.29, 1.82) is 0 Å². The van der Waals surface area contributed by atoms with E-state index >= 15 is 0 Å². The normalized spacial score (nSPS) is 10.3. The molecule has 0 saturated carbocycles. The first-order valence-electron chi connectivity index (χ1n) is 7.18. The maximum absolute atomic E-state index is 11.8. The third kappa shape index (κ3) is 5.75. The summed E-state index contributed by atoms with van der Waals surface area (Å²) < 4.78 is 0. The lowest BCUT2D eigenvalue weighted by molar-refractivity contribution is -0.384. The van der Waals surface area contributed by atoms with Crippen molar-refractivity contribution in [2.75, 3.05) is 5.75 Å². The Morgan fingerprint density at radius 3 is 2.61 bits per heavy atom. The number of hydrogen-bond donors (Lipinski definition) is 1. The van der Waals surface area contributed by atoms with E-state index in [0.717, 1.165) is 11.1 Å². The van der Waals surface area contributed by atoms with E-state index in [4.69, 9.17) is 0 Å². The van der Waals surface area contributed by atoms with Crippen molar-refractivity contribution in [1.82, 2.24) is 5.32 Å². The van der Waals surface area contributed by atoms with Crippen LogP contribution < -0.4 is 5.32 Å². The second-order valence-corrected chi connectivity index (χ2v) is 6.17. The second-order valence-electron chi connectivity index (χ2n) is 5.18. The molecule has 0 aliphatic heterocycles. The average molecular weight is 330 g/mol. The minimum Gasteiger partial charge on any atom is -0.351 e. The van der Waals surface area contributed by atoms with E-state index in [2.05, 4.69) is 5.32 Å². The molecule has 2 aromatic rings. The zero-order valence-electron chi connectivity index (χ0n) is 12.8. The van der Waals surface area contributed by atoms with Crippen LogP contribution >= 0.6 is 11.8 Å². The van der Waals surface area contributed by atoms with Gasteiger partial charge in [0.05, 0.1) is 10.7 Å². The van der Waals surface area contributed by atoms with Crippen LogP contribution in [0.3, 0.4) is 0 Å². The molecule has 0 saturated heterocycles. The summed E-state index contributed by atoms with van der Waals surface area (Å²) in [4.78, 5) is 22.1. The van der Waals surface area contributed by atoms with Gasteiger partial charge in [-0.25, -0.2) is 0 Å². The Hall–Kier alpha value is -2.34. The van der Waals surface area contributed by atoms with Gasteiger partial charge in [-0.05, 0) is 18.1 Å². The van der Waals surface area contributed by atoms with Crippen molar-refractivity contribution in [3.8, 4) is 0 Å². The molecule has 1 N–H and O–H groups in total. The summed E-state index contributed by atoms with van der Waals surface area (Å²) in [5.41, 5.74) is 3.17. The monoisotopic (exact) mass is 330 g/mol. The minimum absolute atomic E-state index is 0.0407. The van der Waals surface area contributed by atoms with Crippen molar-refractivity contribution in [3.63, 3.8) is 0 Å². The average Bonchev–Trinajstić information content (AvgIpc) is 2.54. The van der Waals surface area contributed by atoms with Crippen LogP contribution in [0.4, 0.5) is 5.69 Å². The fourth-order valence-electron chi connectivity index (χ4n) is 1.98. The number of non-ortho nitro benzene ring substituents is 1. The van der Waals surface area contributed by atoms with Gasteiger partial charge in [0.25, 0.3) is 5.69 Å². The molecule has 2 rings (SSSR count). The highest BCUT2D eigenvalue weighted by Crippen LogP contribution is 2.17. The maximum atomic E-state index is 11.8. The molecule has 23 heavy (non-hydrogen) atoms. The maximum Gasteiger partial charge on any atom is 0.269 e. The largest absolute Gasteiger partial charge is 0.351 e. The van der Waals surface area contributed by atoms with Gasteiger partial charge in [-0.3, -0.25) is 14.9 Å². The quantitative estimate of drug-likeness (QED) is 0.623. The molecule has 1 amide bonds. The standard InChI is InChI=1S/C17H18N2O3S/c1-13-5-7-14(8-6-13)10-18-17(20)12-23-11-15-3-2-4-16(9-15)19(21)22/h2-9H,10-12H2,1H3,(H,18,20). The molecular formula is C17H18N2O3S. The fourth-order valence-corrected chi connectivity index (χ4v) is 2.78. The predicted molar refractivity (Wildman–Crippen MR) is 92.3 cm³/mol. The summed E-state index contributed by atoms with van der Waals surface area (Å²) in [5.74, 6) is 0.856. The number of nitro groups is 1. The van der Waals surface area contributed by atoms with E-state index in [0.29, 0.717) is 18.1 Å². The van der Waals surface area contributed by atoms with Gasteiger partial charge in [-0.2, -0.15) is 0 Å². The van der Waals surface area contributed by atoms with Gasteiger partial charge in [0.1, 0.15) is 0 Å². The Balaban J connectivity index is 1.73. The lowest BCUT2D eigenvalue weighted by Crippen LogP contribution is -2.24. The van der Waals surface area contributed by atoms with Gasteiger partial charge >= 0.3 is 0 Å². The number of thioether (sulfide) groups is 1. The third-order valence-corrected chi connectivity index (χ3v) is 4.24. The molecule has 0 radical (unpaired) electrons. The van der Waals surface area contributed by atoms with Crippen LogP contribution in [0.15, 0.2) is 48.5 Å². The summed E-state index contributed by atoms with van der Waals surface area (Å²) in [6, 6.07) is 14.5.